The van der Waals surface area contributed by atoms with Crippen LogP contribution in [-0.2, 0) is 16.0 Å². The Labute approximate surface area is 180 Å². The number of hydrogen-bond acceptors (Lipinski definition) is 4. The minimum Gasteiger partial charge on any atom is -0.378 e. The Morgan fingerprint density at radius 2 is 1.63 bits per heavy atom. The molecule has 1 heterocycles. The molecule has 2 atom stereocenters. The lowest BCUT2D eigenvalue weighted by Crippen LogP contribution is -2.41. The normalized spacial score (nSPS) is 16.4. The van der Waals surface area contributed by atoms with E-state index in [1.165, 1.54) is 11.1 Å². The first kappa shape index (κ1) is 22.3. The summed E-state index contributed by atoms with van der Waals surface area (Å²) in [6, 6.07) is 16.6. The van der Waals surface area contributed by atoms with E-state index in [4.69, 9.17) is 4.74 Å². The monoisotopic (exact) mass is 409 g/mol. The summed E-state index contributed by atoms with van der Waals surface area (Å²) in [6.07, 6.45) is 1.03. The van der Waals surface area contributed by atoms with Gasteiger partial charge in [0.1, 0.15) is 0 Å². The smallest absolute Gasteiger partial charge is 0.241 e. The van der Waals surface area contributed by atoms with E-state index in [0.717, 1.165) is 44.1 Å². The van der Waals surface area contributed by atoms with E-state index in [0.29, 0.717) is 5.92 Å². The molecule has 5 nitrogen and oxygen atoms in total. The number of nitrogens with one attached hydrogen (secondary N) is 2. The SMILES string of the molecule is CCc1ccc([C@@H](N[C@H](C)C(=O)Nc2ccc(N3CCOCC3)cc2)C(C)C)cc1. The lowest BCUT2D eigenvalue weighted by atomic mass is 9.94. The molecule has 0 aliphatic carbocycles. The second-order valence-electron chi connectivity index (χ2n) is 8.34. The quantitative estimate of drug-likeness (QED) is 0.679. The van der Waals surface area contributed by atoms with E-state index < -0.39 is 0 Å². The highest BCUT2D eigenvalue weighted by atomic mass is 16.5. The Kier molecular flexibility index (Phi) is 7.88. The molecule has 2 aromatic carbocycles. The van der Waals surface area contributed by atoms with Gasteiger partial charge in [-0.05, 0) is 54.7 Å². The summed E-state index contributed by atoms with van der Waals surface area (Å²) in [5.74, 6) is 0.352. The summed E-state index contributed by atoms with van der Waals surface area (Å²) in [4.78, 5) is 15.1. The van der Waals surface area contributed by atoms with Crippen LogP contribution >= 0.6 is 0 Å². The van der Waals surface area contributed by atoms with Crippen LogP contribution in [0.1, 0.15) is 44.9 Å². The minimum atomic E-state index is -0.304. The van der Waals surface area contributed by atoms with Crippen molar-refractivity contribution in [1.29, 1.82) is 0 Å². The minimum absolute atomic E-state index is 0.0232. The molecule has 2 aromatic rings. The Morgan fingerprint density at radius 3 is 2.20 bits per heavy atom. The van der Waals surface area contributed by atoms with Gasteiger partial charge in [-0.25, -0.2) is 0 Å². The molecular formula is C25H35N3O2. The fourth-order valence-corrected chi connectivity index (χ4v) is 3.81. The fourth-order valence-electron chi connectivity index (χ4n) is 3.81. The van der Waals surface area contributed by atoms with Crippen LogP contribution in [0.4, 0.5) is 11.4 Å². The maximum atomic E-state index is 12.8. The van der Waals surface area contributed by atoms with E-state index in [1.54, 1.807) is 0 Å². The molecule has 0 radical (unpaired) electrons. The molecular weight excluding hydrogens is 374 g/mol. The number of hydrogen-bond donors (Lipinski definition) is 2. The number of carbonyl (C=O) groups is 1. The van der Waals surface area contributed by atoms with Crippen molar-refractivity contribution in [2.45, 2.75) is 46.2 Å². The molecule has 2 N–H and O–H groups in total. The van der Waals surface area contributed by atoms with Gasteiger partial charge < -0.3 is 15.0 Å². The molecule has 162 valence electrons. The molecule has 30 heavy (non-hydrogen) atoms. The van der Waals surface area contributed by atoms with E-state index in [2.05, 4.69) is 72.7 Å². The lowest BCUT2D eigenvalue weighted by molar-refractivity contribution is -0.118. The third-order valence-electron chi connectivity index (χ3n) is 5.75. The van der Waals surface area contributed by atoms with Gasteiger partial charge in [-0.15, -0.1) is 0 Å². The number of carbonyl (C=O) groups excluding carboxylic acids is 1. The summed E-state index contributed by atoms with van der Waals surface area (Å²) < 4.78 is 5.41. The van der Waals surface area contributed by atoms with Crippen molar-refractivity contribution in [3.05, 3.63) is 59.7 Å². The molecule has 1 aliphatic heterocycles. The number of ether oxygens (including phenoxy) is 1. The van der Waals surface area contributed by atoms with Crippen LogP contribution in [0.25, 0.3) is 0 Å². The lowest BCUT2D eigenvalue weighted by Gasteiger charge is -2.29. The van der Waals surface area contributed by atoms with Gasteiger partial charge in [-0.3, -0.25) is 10.1 Å². The third-order valence-corrected chi connectivity index (χ3v) is 5.75. The molecule has 0 spiro atoms. The van der Waals surface area contributed by atoms with E-state index in [9.17, 15) is 4.79 Å². The van der Waals surface area contributed by atoms with Crippen LogP contribution < -0.4 is 15.5 Å². The van der Waals surface area contributed by atoms with Gasteiger partial charge in [0, 0.05) is 30.5 Å². The van der Waals surface area contributed by atoms with E-state index in [-0.39, 0.29) is 18.0 Å². The first-order valence-corrected chi connectivity index (χ1v) is 11.1. The molecule has 1 aliphatic rings. The first-order valence-electron chi connectivity index (χ1n) is 11.1. The van der Waals surface area contributed by atoms with Crippen molar-refractivity contribution < 1.29 is 9.53 Å². The highest BCUT2D eigenvalue weighted by molar-refractivity contribution is 5.94. The van der Waals surface area contributed by atoms with Crippen LogP contribution in [0.3, 0.4) is 0 Å². The summed E-state index contributed by atoms with van der Waals surface area (Å²) in [7, 11) is 0. The van der Waals surface area contributed by atoms with Crippen molar-refractivity contribution >= 4 is 17.3 Å². The molecule has 1 saturated heterocycles. The highest BCUT2D eigenvalue weighted by Gasteiger charge is 2.22. The number of anilines is 2. The molecule has 0 bridgehead atoms. The summed E-state index contributed by atoms with van der Waals surface area (Å²) >= 11 is 0. The molecule has 0 unspecified atom stereocenters. The summed E-state index contributed by atoms with van der Waals surface area (Å²) in [6.45, 7) is 11.8. The van der Waals surface area contributed by atoms with Gasteiger partial charge >= 0.3 is 0 Å². The van der Waals surface area contributed by atoms with Gasteiger partial charge in [-0.2, -0.15) is 0 Å². The van der Waals surface area contributed by atoms with Crippen molar-refractivity contribution in [2.75, 3.05) is 36.5 Å². The van der Waals surface area contributed by atoms with Crippen molar-refractivity contribution in [3.8, 4) is 0 Å². The summed E-state index contributed by atoms with van der Waals surface area (Å²) in [5.41, 5.74) is 4.53. The molecule has 3 rings (SSSR count). The Hall–Kier alpha value is -2.37. The molecule has 0 saturated carbocycles. The topological polar surface area (TPSA) is 53.6 Å². The number of amides is 1. The molecule has 1 fully saturated rings. The number of benzene rings is 2. The Bertz CT molecular complexity index is 796. The van der Waals surface area contributed by atoms with Crippen LogP contribution in [0.2, 0.25) is 0 Å². The standard InChI is InChI=1S/C25H35N3O2/c1-5-20-6-8-21(9-7-20)24(18(2)3)26-19(4)25(29)27-22-10-12-23(13-11-22)28-14-16-30-17-15-28/h6-13,18-19,24,26H,5,14-17H2,1-4H3,(H,27,29)/t19-,24+/m1/s1. The van der Waals surface area contributed by atoms with Crippen molar-refractivity contribution in [1.82, 2.24) is 5.32 Å². The average molecular weight is 410 g/mol. The van der Waals surface area contributed by atoms with Crippen LogP contribution in [-0.4, -0.2) is 38.3 Å². The number of aryl methyl sites for hydroxylation is 1. The Balaban J connectivity index is 1.59. The number of nitrogens with zero attached hydrogens (tertiary/aromatic N) is 1. The summed E-state index contributed by atoms with van der Waals surface area (Å²) in [5, 5.41) is 6.56. The van der Waals surface area contributed by atoms with E-state index >= 15 is 0 Å². The van der Waals surface area contributed by atoms with Crippen molar-refractivity contribution in [2.24, 2.45) is 5.92 Å². The second-order valence-corrected chi connectivity index (χ2v) is 8.34. The highest BCUT2D eigenvalue weighted by Crippen LogP contribution is 2.24. The maximum absolute atomic E-state index is 12.8. The molecule has 0 aromatic heterocycles. The predicted molar refractivity (Wildman–Crippen MR) is 124 cm³/mol. The van der Waals surface area contributed by atoms with E-state index in [1.807, 2.05) is 19.1 Å². The number of morpholine rings is 1. The second kappa shape index (κ2) is 10.6. The van der Waals surface area contributed by atoms with Gasteiger partial charge in [0.15, 0.2) is 0 Å². The van der Waals surface area contributed by atoms with Gasteiger partial charge in [0.25, 0.3) is 0 Å². The zero-order valence-corrected chi connectivity index (χ0v) is 18.7. The van der Waals surface area contributed by atoms with Crippen molar-refractivity contribution in [3.63, 3.8) is 0 Å². The van der Waals surface area contributed by atoms with Gasteiger partial charge in [0.2, 0.25) is 5.91 Å². The maximum Gasteiger partial charge on any atom is 0.241 e. The molecule has 5 heteroatoms. The third kappa shape index (κ3) is 5.83. The van der Waals surface area contributed by atoms with Gasteiger partial charge in [-0.1, -0.05) is 45.0 Å². The van der Waals surface area contributed by atoms with Crippen LogP contribution in [0.5, 0.6) is 0 Å². The van der Waals surface area contributed by atoms with Gasteiger partial charge in [0.05, 0.1) is 19.3 Å². The fraction of sp³-hybridized carbons (Fsp3) is 0.480. The zero-order valence-electron chi connectivity index (χ0n) is 18.7. The predicted octanol–water partition coefficient (Wildman–Crippen LogP) is 4.40. The average Bonchev–Trinajstić information content (AvgIpc) is 2.78. The number of rotatable bonds is 8. The molecule has 1 amide bonds. The zero-order chi connectivity index (χ0) is 21.5. The largest absolute Gasteiger partial charge is 0.378 e. The Morgan fingerprint density at radius 1 is 1.00 bits per heavy atom. The first-order chi connectivity index (χ1) is 14.5. The van der Waals surface area contributed by atoms with Crippen LogP contribution in [0, 0.1) is 5.92 Å². The van der Waals surface area contributed by atoms with Crippen LogP contribution in [0.15, 0.2) is 48.5 Å².